The van der Waals surface area contributed by atoms with E-state index in [1.54, 1.807) is 0 Å². The lowest BCUT2D eigenvalue weighted by atomic mass is 10.00. The molecule has 27 heavy (non-hydrogen) atoms. The third-order valence-electron chi connectivity index (χ3n) is 5.19. The van der Waals surface area contributed by atoms with Gasteiger partial charge in [-0.15, -0.1) is 4.91 Å². The molecule has 0 bridgehead atoms. The molecule has 1 aliphatic heterocycles. The predicted octanol–water partition coefficient (Wildman–Crippen LogP) is 5.45. The maximum absolute atomic E-state index is 11.8. The van der Waals surface area contributed by atoms with Crippen molar-refractivity contribution < 1.29 is 18.7 Å². The van der Waals surface area contributed by atoms with E-state index in [0.717, 1.165) is 19.3 Å². The summed E-state index contributed by atoms with van der Waals surface area (Å²) in [6, 6.07) is -0.606. The minimum absolute atomic E-state index is 0.0939. The van der Waals surface area contributed by atoms with Crippen molar-refractivity contribution in [1.29, 1.82) is 0 Å². The molecule has 0 radical (unpaired) electrons. The minimum atomic E-state index is -3.98. The van der Waals surface area contributed by atoms with Crippen molar-refractivity contribution >= 4 is 7.75 Å². The number of nitrogens with two attached hydrogens (primary N) is 1. The Morgan fingerprint density at radius 3 is 1.96 bits per heavy atom. The lowest BCUT2D eigenvalue weighted by Gasteiger charge is -2.33. The molecule has 0 aromatic rings. The van der Waals surface area contributed by atoms with Gasteiger partial charge in [0, 0.05) is 4.95 Å². The Kier molecular flexibility index (Phi) is 13.4. The molecule has 3 N–H and O–H groups in total. The summed E-state index contributed by atoms with van der Waals surface area (Å²) >= 11 is 0. The highest BCUT2D eigenvalue weighted by atomic mass is 31.2. The SMILES string of the molecule is CCCCCCCCCCCCCCCC(O)[C@H]1OP(=O)(N=O)OCC1N. The molecule has 160 valence electrons. The standard InChI is InChI=1S/C19H39N2O5P/c1-2-3-4-5-6-7-8-9-10-11-12-13-14-15-18(22)19-17(20)16-25-27(24,21-23)26-19/h17-19,22H,2-16,20H2,1H3/t17?,18?,19-,27?/m0/s1. The zero-order valence-corrected chi connectivity index (χ0v) is 17.8. The van der Waals surface area contributed by atoms with Gasteiger partial charge in [-0.1, -0.05) is 90.4 Å². The Bertz CT molecular complexity index is 438. The van der Waals surface area contributed by atoms with Gasteiger partial charge in [0.05, 0.1) is 18.8 Å². The van der Waals surface area contributed by atoms with Gasteiger partial charge in [0.15, 0.2) is 0 Å². The molecule has 7 nitrogen and oxygen atoms in total. The highest BCUT2D eigenvalue weighted by Crippen LogP contribution is 2.53. The van der Waals surface area contributed by atoms with Crippen LogP contribution in [0.5, 0.6) is 0 Å². The van der Waals surface area contributed by atoms with Crippen molar-refractivity contribution in [2.24, 2.45) is 10.7 Å². The van der Waals surface area contributed by atoms with Crippen LogP contribution in [0.1, 0.15) is 96.8 Å². The number of hydrogen-bond acceptors (Lipinski definition) is 6. The van der Waals surface area contributed by atoms with Gasteiger partial charge in [0.2, 0.25) is 0 Å². The molecular weight excluding hydrogens is 367 g/mol. The summed E-state index contributed by atoms with van der Waals surface area (Å²) in [6.45, 7) is 2.15. The summed E-state index contributed by atoms with van der Waals surface area (Å²) in [7, 11) is -3.98. The topological polar surface area (TPSA) is 111 Å². The lowest BCUT2D eigenvalue weighted by molar-refractivity contribution is -0.0275. The van der Waals surface area contributed by atoms with Gasteiger partial charge in [-0.05, 0) is 6.42 Å². The molecule has 1 heterocycles. The highest BCUT2D eigenvalue weighted by molar-refractivity contribution is 7.52. The van der Waals surface area contributed by atoms with Gasteiger partial charge in [0.25, 0.3) is 0 Å². The number of aliphatic hydroxyl groups is 1. The minimum Gasteiger partial charge on any atom is -0.390 e. The molecule has 8 heteroatoms. The normalized spacial score (nSPS) is 26.8. The average Bonchev–Trinajstić information content (AvgIpc) is 2.67. The molecule has 4 atom stereocenters. The van der Waals surface area contributed by atoms with Crippen molar-refractivity contribution in [3.8, 4) is 0 Å². The largest absolute Gasteiger partial charge is 0.490 e. The summed E-state index contributed by atoms with van der Waals surface area (Å²) in [5.41, 5.74) is 5.82. The van der Waals surface area contributed by atoms with Crippen molar-refractivity contribution in [3.05, 3.63) is 4.91 Å². The quantitative estimate of drug-likeness (QED) is 0.200. The zero-order chi connectivity index (χ0) is 20.0. The Hall–Kier alpha value is -0.330. The van der Waals surface area contributed by atoms with Crippen molar-refractivity contribution in [2.45, 2.75) is 115 Å². The van der Waals surface area contributed by atoms with E-state index in [4.69, 9.17) is 14.8 Å². The van der Waals surface area contributed by atoms with Crippen LogP contribution < -0.4 is 5.73 Å². The molecule has 1 aliphatic rings. The molecule has 0 aromatic heterocycles. The van der Waals surface area contributed by atoms with Gasteiger partial charge >= 0.3 is 7.75 Å². The summed E-state index contributed by atoms with van der Waals surface area (Å²) in [4.78, 5) is 13.0. The van der Waals surface area contributed by atoms with Crippen LogP contribution in [-0.4, -0.2) is 30.0 Å². The molecular formula is C19H39N2O5P. The molecule has 3 unspecified atom stereocenters. The molecule has 1 saturated heterocycles. The summed E-state index contributed by atoms with van der Waals surface area (Å²) in [5, 5.41) is 10.2. The smallest absolute Gasteiger partial charge is 0.390 e. The number of rotatable bonds is 16. The molecule has 1 rings (SSSR count). The highest BCUT2D eigenvalue weighted by Gasteiger charge is 2.42. The first-order valence-corrected chi connectivity index (χ1v) is 12.2. The molecule has 0 aromatic carbocycles. The van der Waals surface area contributed by atoms with E-state index >= 15 is 0 Å². The van der Waals surface area contributed by atoms with Crippen molar-refractivity contribution in [3.63, 3.8) is 0 Å². The van der Waals surface area contributed by atoms with E-state index in [9.17, 15) is 14.6 Å². The van der Waals surface area contributed by atoms with Crippen LogP contribution in [0, 0.1) is 4.91 Å². The molecule has 0 amide bonds. The number of nitroso groups, excluding NO2 is 1. The van der Waals surface area contributed by atoms with E-state index in [0.29, 0.717) is 6.42 Å². The Balaban J connectivity index is 1.98. The van der Waals surface area contributed by atoms with Crippen LogP contribution in [0.4, 0.5) is 0 Å². The van der Waals surface area contributed by atoms with E-state index < -0.39 is 26.0 Å². The van der Waals surface area contributed by atoms with E-state index in [-0.39, 0.29) is 6.61 Å². The lowest BCUT2D eigenvalue weighted by Crippen LogP contribution is -2.49. The molecule has 0 aliphatic carbocycles. The second kappa shape index (κ2) is 14.6. The van der Waals surface area contributed by atoms with Crippen molar-refractivity contribution in [2.75, 3.05) is 6.61 Å². The fourth-order valence-corrected chi connectivity index (χ4v) is 4.58. The van der Waals surface area contributed by atoms with Crippen LogP contribution in [-0.2, 0) is 13.6 Å². The monoisotopic (exact) mass is 406 g/mol. The summed E-state index contributed by atoms with van der Waals surface area (Å²) < 4.78 is 21.5. The Morgan fingerprint density at radius 1 is 1.00 bits per heavy atom. The maximum Gasteiger partial charge on any atom is 0.490 e. The maximum atomic E-state index is 11.8. The first-order chi connectivity index (χ1) is 13.0. The Labute approximate surface area is 164 Å². The summed E-state index contributed by atoms with van der Waals surface area (Å²) in [5.74, 6) is 0. The third-order valence-corrected chi connectivity index (χ3v) is 6.37. The fraction of sp³-hybridized carbons (Fsp3) is 1.00. The van der Waals surface area contributed by atoms with Crippen LogP contribution >= 0.6 is 7.75 Å². The van der Waals surface area contributed by atoms with Gasteiger partial charge < -0.3 is 10.8 Å². The second-order valence-electron chi connectivity index (χ2n) is 7.68. The van der Waals surface area contributed by atoms with Crippen LogP contribution in [0.3, 0.4) is 0 Å². The van der Waals surface area contributed by atoms with E-state index in [1.165, 1.54) is 64.2 Å². The molecule has 0 spiro atoms. The van der Waals surface area contributed by atoms with Gasteiger partial charge in [-0.25, -0.2) is 4.57 Å². The number of unbranched alkanes of at least 4 members (excludes halogenated alkanes) is 12. The van der Waals surface area contributed by atoms with Crippen LogP contribution in [0.15, 0.2) is 4.95 Å². The molecule has 0 saturated carbocycles. The predicted molar refractivity (Wildman–Crippen MR) is 109 cm³/mol. The second-order valence-corrected chi connectivity index (χ2v) is 9.25. The third kappa shape index (κ3) is 10.7. The van der Waals surface area contributed by atoms with Crippen LogP contribution in [0.2, 0.25) is 0 Å². The van der Waals surface area contributed by atoms with Crippen LogP contribution in [0.25, 0.3) is 0 Å². The number of aliphatic hydroxyl groups excluding tert-OH is 1. The van der Waals surface area contributed by atoms with Crippen molar-refractivity contribution in [1.82, 2.24) is 0 Å². The zero-order valence-electron chi connectivity index (χ0n) is 16.9. The Morgan fingerprint density at radius 2 is 1.48 bits per heavy atom. The van der Waals surface area contributed by atoms with Gasteiger partial charge in [-0.3, -0.25) is 9.05 Å². The van der Waals surface area contributed by atoms with Gasteiger partial charge in [-0.2, -0.15) is 0 Å². The van der Waals surface area contributed by atoms with E-state index in [2.05, 4.69) is 11.9 Å². The average molecular weight is 407 g/mol. The first-order valence-electron chi connectivity index (χ1n) is 10.7. The first kappa shape index (κ1) is 24.7. The van der Waals surface area contributed by atoms with E-state index in [1.807, 2.05) is 0 Å². The van der Waals surface area contributed by atoms with Gasteiger partial charge in [0.1, 0.15) is 6.10 Å². The number of hydrogen-bond donors (Lipinski definition) is 2. The fourth-order valence-electron chi connectivity index (χ4n) is 3.47. The molecule has 1 fully saturated rings. The number of nitrogens with zero attached hydrogens (tertiary/aromatic N) is 1. The summed E-state index contributed by atoms with van der Waals surface area (Å²) in [6.07, 6.45) is 15.2.